The third kappa shape index (κ3) is 0.692. The van der Waals surface area contributed by atoms with Gasteiger partial charge in [-0.25, -0.2) is 0 Å². The zero-order valence-corrected chi connectivity index (χ0v) is 5.70. The Balaban J connectivity index is 2.88. The molecule has 2 aromatic rings. The molecule has 0 aliphatic rings. The van der Waals surface area contributed by atoms with Crippen molar-refractivity contribution in [3.05, 3.63) is 30.5 Å². The normalized spacial score (nSPS) is 10.5. The molecule has 0 aliphatic heterocycles. The van der Waals surface area contributed by atoms with E-state index in [0.717, 1.165) is 10.9 Å². The van der Waals surface area contributed by atoms with Gasteiger partial charge in [-0.3, -0.25) is 4.68 Å². The summed E-state index contributed by atoms with van der Waals surface area (Å²) in [6.45, 7) is 0. The Hall–Kier alpha value is -1.31. The second-order valence-electron chi connectivity index (χ2n) is 2.29. The summed E-state index contributed by atoms with van der Waals surface area (Å²) < 4.78 is 1.80. The number of rotatable bonds is 0. The minimum atomic E-state index is 1.03. The van der Waals surface area contributed by atoms with Gasteiger partial charge in [0.15, 0.2) is 0 Å². The van der Waals surface area contributed by atoms with Gasteiger partial charge in [0, 0.05) is 18.6 Å². The van der Waals surface area contributed by atoms with E-state index < -0.39 is 0 Å². The van der Waals surface area contributed by atoms with Crippen LogP contribution in [0.15, 0.2) is 24.4 Å². The largest absolute Gasteiger partial charge is 0.275 e. The molecule has 0 bridgehead atoms. The van der Waals surface area contributed by atoms with Gasteiger partial charge in [-0.15, -0.1) is 0 Å². The highest BCUT2D eigenvalue weighted by atomic mass is 15.2. The van der Waals surface area contributed by atoms with Gasteiger partial charge >= 0.3 is 0 Å². The van der Waals surface area contributed by atoms with E-state index in [1.165, 1.54) is 0 Å². The number of hydrogen-bond donors (Lipinski definition) is 0. The van der Waals surface area contributed by atoms with Gasteiger partial charge in [-0.2, -0.15) is 5.10 Å². The molecule has 0 saturated heterocycles. The molecule has 0 fully saturated rings. The maximum Gasteiger partial charge on any atom is 0.0923 e. The SMILES string of the molecule is Cn1cc2c[c]ccc2n1. The molecule has 1 aromatic carbocycles. The first-order valence-electron chi connectivity index (χ1n) is 3.16. The lowest BCUT2D eigenvalue weighted by atomic mass is 10.3. The zero-order valence-electron chi connectivity index (χ0n) is 5.70. The van der Waals surface area contributed by atoms with E-state index in [1.54, 1.807) is 4.68 Å². The van der Waals surface area contributed by atoms with Crippen molar-refractivity contribution in [3.8, 4) is 0 Å². The summed E-state index contributed by atoms with van der Waals surface area (Å²) in [5.74, 6) is 0. The summed E-state index contributed by atoms with van der Waals surface area (Å²) >= 11 is 0. The fraction of sp³-hybridized carbons (Fsp3) is 0.125. The van der Waals surface area contributed by atoms with Crippen LogP contribution in [0, 0.1) is 6.07 Å². The van der Waals surface area contributed by atoms with Crippen LogP contribution in [0.1, 0.15) is 0 Å². The van der Waals surface area contributed by atoms with E-state index in [1.807, 2.05) is 31.4 Å². The summed E-state index contributed by atoms with van der Waals surface area (Å²) in [5.41, 5.74) is 1.03. The molecule has 0 amide bonds. The number of fused-ring (bicyclic) bond motifs is 1. The van der Waals surface area contributed by atoms with Crippen LogP contribution in [-0.2, 0) is 7.05 Å². The van der Waals surface area contributed by atoms with E-state index in [0.29, 0.717) is 0 Å². The van der Waals surface area contributed by atoms with Gasteiger partial charge in [0.25, 0.3) is 0 Å². The van der Waals surface area contributed by atoms with Gasteiger partial charge < -0.3 is 0 Å². The number of aryl methyl sites for hydroxylation is 1. The minimum Gasteiger partial charge on any atom is -0.275 e. The van der Waals surface area contributed by atoms with Crippen LogP contribution in [0.25, 0.3) is 10.9 Å². The quantitative estimate of drug-likeness (QED) is 0.528. The highest BCUT2D eigenvalue weighted by Gasteiger charge is 1.93. The third-order valence-corrected chi connectivity index (χ3v) is 1.46. The number of benzene rings is 1. The maximum absolute atomic E-state index is 4.21. The molecule has 1 heterocycles. The molecule has 0 N–H and O–H groups in total. The highest BCUT2D eigenvalue weighted by Crippen LogP contribution is 2.08. The first-order chi connectivity index (χ1) is 4.86. The number of nitrogens with zero attached hydrogens (tertiary/aromatic N) is 2. The molecule has 1 aromatic heterocycles. The van der Waals surface area contributed by atoms with E-state index in [-0.39, 0.29) is 0 Å². The van der Waals surface area contributed by atoms with Crippen molar-refractivity contribution >= 4 is 10.9 Å². The Bertz CT molecular complexity index is 316. The fourth-order valence-corrected chi connectivity index (χ4v) is 1.03. The second-order valence-corrected chi connectivity index (χ2v) is 2.29. The molecule has 0 saturated carbocycles. The molecule has 2 nitrogen and oxygen atoms in total. The molecule has 0 atom stereocenters. The van der Waals surface area contributed by atoms with Crippen LogP contribution in [0.4, 0.5) is 0 Å². The summed E-state index contributed by atoms with van der Waals surface area (Å²) in [6, 6.07) is 8.75. The van der Waals surface area contributed by atoms with Gasteiger partial charge in [-0.1, -0.05) is 6.07 Å². The van der Waals surface area contributed by atoms with Crippen molar-refractivity contribution in [1.29, 1.82) is 0 Å². The van der Waals surface area contributed by atoms with E-state index in [4.69, 9.17) is 0 Å². The molecular formula is C8H7N2. The summed E-state index contributed by atoms with van der Waals surface area (Å²) in [4.78, 5) is 0. The summed E-state index contributed by atoms with van der Waals surface area (Å²) in [5, 5.41) is 5.35. The van der Waals surface area contributed by atoms with Gasteiger partial charge in [-0.05, 0) is 18.2 Å². The standard InChI is InChI=1S/C8H7N2/c1-10-6-7-4-2-3-5-8(7)9-10/h3-6H,1H3. The first kappa shape index (κ1) is 5.47. The van der Waals surface area contributed by atoms with Crippen LogP contribution < -0.4 is 0 Å². The summed E-state index contributed by atoms with van der Waals surface area (Å²) in [6.07, 6.45) is 1.98. The van der Waals surface area contributed by atoms with Crippen LogP contribution in [-0.4, -0.2) is 9.78 Å². The minimum absolute atomic E-state index is 1.03. The molecule has 2 heteroatoms. The Morgan fingerprint density at radius 1 is 1.60 bits per heavy atom. The Kier molecular flexibility index (Phi) is 1.01. The van der Waals surface area contributed by atoms with Gasteiger partial charge in [0.05, 0.1) is 5.52 Å². The van der Waals surface area contributed by atoms with Crippen molar-refractivity contribution in [2.45, 2.75) is 0 Å². The van der Waals surface area contributed by atoms with E-state index in [2.05, 4.69) is 11.2 Å². The average Bonchev–Trinajstić information content (AvgIpc) is 2.27. The van der Waals surface area contributed by atoms with Crippen LogP contribution in [0.2, 0.25) is 0 Å². The van der Waals surface area contributed by atoms with E-state index >= 15 is 0 Å². The fourth-order valence-electron chi connectivity index (χ4n) is 1.03. The lowest BCUT2D eigenvalue weighted by Crippen LogP contribution is -1.84. The molecule has 0 aliphatic carbocycles. The number of hydrogen-bond acceptors (Lipinski definition) is 1. The van der Waals surface area contributed by atoms with Crippen LogP contribution >= 0.6 is 0 Å². The Labute approximate surface area is 59.1 Å². The van der Waals surface area contributed by atoms with Crippen molar-refractivity contribution in [3.63, 3.8) is 0 Å². The zero-order chi connectivity index (χ0) is 6.97. The summed E-state index contributed by atoms with van der Waals surface area (Å²) in [7, 11) is 1.92. The van der Waals surface area contributed by atoms with Crippen LogP contribution in [0.3, 0.4) is 0 Å². The lowest BCUT2D eigenvalue weighted by molar-refractivity contribution is 0.780. The molecular weight excluding hydrogens is 124 g/mol. The lowest BCUT2D eigenvalue weighted by Gasteiger charge is -1.80. The molecule has 49 valence electrons. The van der Waals surface area contributed by atoms with Crippen LogP contribution in [0.5, 0.6) is 0 Å². The molecule has 2 rings (SSSR count). The van der Waals surface area contributed by atoms with Gasteiger partial charge in [0.1, 0.15) is 0 Å². The Morgan fingerprint density at radius 2 is 2.50 bits per heavy atom. The van der Waals surface area contributed by atoms with Crippen molar-refractivity contribution < 1.29 is 0 Å². The predicted octanol–water partition coefficient (Wildman–Crippen LogP) is 1.37. The molecule has 10 heavy (non-hydrogen) atoms. The maximum atomic E-state index is 4.21. The number of aromatic nitrogens is 2. The van der Waals surface area contributed by atoms with Gasteiger partial charge in [0.2, 0.25) is 0 Å². The third-order valence-electron chi connectivity index (χ3n) is 1.46. The first-order valence-corrected chi connectivity index (χ1v) is 3.16. The predicted molar refractivity (Wildman–Crippen MR) is 39.6 cm³/mol. The Morgan fingerprint density at radius 3 is 3.30 bits per heavy atom. The van der Waals surface area contributed by atoms with E-state index in [9.17, 15) is 0 Å². The highest BCUT2D eigenvalue weighted by molar-refractivity contribution is 5.77. The van der Waals surface area contributed by atoms with Crippen molar-refractivity contribution in [1.82, 2.24) is 9.78 Å². The van der Waals surface area contributed by atoms with Crippen molar-refractivity contribution in [2.75, 3.05) is 0 Å². The monoisotopic (exact) mass is 131 g/mol. The smallest absolute Gasteiger partial charge is 0.0923 e. The average molecular weight is 131 g/mol. The molecule has 0 spiro atoms. The van der Waals surface area contributed by atoms with Crippen molar-refractivity contribution in [2.24, 2.45) is 7.05 Å². The molecule has 0 unspecified atom stereocenters. The molecule has 1 radical (unpaired) electrons. The topological polar surface area (TPSA) is 17.8 Å². The second kappa shape index (κ2) is 1.84.